The molecule has 7 heteroatoms. The zero-order chi connectivity index (χ0) is 15.4. The van der Waals surface area contributed by atoms with Gasteiger partial charge in [-0.1, -0.05) is 28.1 Å². The number of benzene rings is 1. The Morgan fingerprint density at radius 1 is 1.33 bits per heavy atom. The van der Waals surface area contributed by atoms with E-state index in [0.29, 0.717) is 17.9 Å². The molecule has 0 unspecified atom stereocenters. The van der Waals surface area contributed by atoms with E-state index >= 15 is 0 Å². The molecule has 0 fully saturated rings. The van der Waals surface area contributed by atoms with Gasteiger partial charge in [0.2, 0.25) is 0 Å². The van der Waals surface area contributed by atoms with E-state index in [1.54, 1.807) is 24.2 Å². The second-order valence-corrected chi connectivity index (χ2v) is 6.32. The first-order chi connectivity index (χ1) is 10.0. The van der Waals surface area contributed by atoms with Crippen LogP contribution in [0.25, 0.3) is 0 Å². The van der Waals surface area contributed by atoms with Crippen molar-refractivity contribution in [3.8, 4) is 0 Å². The number of rotatable bonds is 4. The molecule has 21 heavy (non-hydrogen) atoms. The SMILES string of the molecule is CN(Cc1cccc(Br)c1)C(=O)c1cc(Br)cnc1NN. The standard InChI is InChI=1S/C14H14Br2N4O/c1-20(8-9-3-2-4-10(15)5-9)14(21)12-6-11(16)7-18-13(12)19-17/h2-7H,8,17H2,1H3,(H,18,19). The first-order valence-electron chi connectivity index (χ1n) is 6.13. The van der Waals surface area contributed by atoms with Crippen LogP contribution in [0.15, 0.2) is 45.5 Å². The van der Waals surface area contributed by atoms with Crippen LogP contribution < -0.4 is 11.3 Å². The van der Waals surface area contributed by atoms with Gasteiger partial charge >= 0.3 is 0 Å². The van der Waals surface area contributed by atoms with Gasteiger partial charge in [0.05, 0.1) is 5.56 Å². The normalized spacial score (nSPS) is 10.3. The van der Waals surface area contributed by atoms with Crippen LogP contribution in [-0.2, 0) is 6.54 Å². The van der Waals surface area contributed by atoms with Gasteiger partial charge in [-0.15, -0.1) is 0 Å². The molecule has 1 aromatic carbocycles. The van der Waals surface area contributed by atoms with Crippen LogP contribution >= 0.6 is 31.9 Å². The Morgan fingerprint density at radius 3 is 2.76 bits per heavy atom. The highest BCUT2D eigenvalue weighted by molar-refractivity contribution is 9.10. The van der Waals surface area contributed by atoms with Gasteiger partial charge in [0.15, 0.2) is 5.82 Å². The van der Waals surface area contributed by atoms with Crippen molar-refractivity contribution < 1.29 is 4.79 Å². The van der Waals surface area contributed by atoms with Crippen LogP contribution in [-0.4, -0.2) is 22.8 Å². The summed E-state index contributed by atoms with van der Waals surface area (Å²) in [6, 6.07) is 9.52. The number of nitrogens with zero attached hydrogens (tertiary/aromatic N) is 2. The molecule has 0 saturated carbocycles. The Balaban J connectivity index is 2.21. The molecule has 3 N–H and O–H groups in total. The first-order valence-corrected chi connectivity index (χ1v) is 7.72. The van der Waals surface area contributed by atoms with Crippen molar-refractivity contribution in [2.75, 3.05) is 12.5 Å². The molecule has 0 aliphatic heterocycles. The summed E-state index contributed by atoms with van der Waals surface area (Å²) in [5.74, 6) is 5.60. The van der Waals surface area contributed by atoms with E-state index in [2.05, 4.69) is 42.3 Å². The van der Waals surface area contributed by atoms with Gasteiger partial charge in [0, 0.05) is 28.7 Å². The van der Waals surface area contributed by atoms with Gasteiger partial charge in [0.1, 0.15) is 0 Å². The minimum absolute atomic E-state index is 0.156. The number of anilines is 1. The summed E-state index contributed by atoms with van der Waals surface area (Å²) in [6.45, 7) is 0.495. The fourth-order valence-electron chi connectivity index (χ4n) is 1.90. The minimum Gasteiger partial charge on any atom is -0.337 e. The number of aromatic nitrogens is 1. The fraction of sp³-hybridized carbons (Fsp3) is 0.143. The monoisotopic (exact) mass is 412 g/mol. The highest BCUT2D eigenvalue weighted by Gasteiger charge is 2.17. The summed E-state index contributed by atoms with van der Waals surface area (Å²) in [5.41, 5.74) is 3.90. The summed E-state index contributed by atoms with van der Waals surface area (Å²) in [6.07, 6.45) is 1.58. The van der Waals surface area contributed by atoms with Crippen molar-refractivity contribution in [3.63, 3.8) is 0 Å². The van der Waals surface area contributed by atoms with E-state index in [9.17, 15) is 4.79 Å². The van der Waals surface area contributed by atoms with Crippen molar-refractivity contribution in [2.45, 2.75) is 6.54 Å². The number of hydrogen-bond donors (Lipinski definition) is 2. The second-order valence-electron chi connectivity index (χ2n) is 4.49. The molecule has 2 rings (SSSR count). The lowest BCUT2D eigenvalue weighted by Crippen LogP contribution is -2.28. The number of hydrogen-bond acceptors (Lipinski definition) is 4. The third-order valence-electron chi connectivity index (χ3n) is 2.88. The number of carbonyl (C=O) groups is 1. The lowest BCUT2D eigenvalue weighted by atomic mass is 10.2. The van der Waals surface area contributed by atoms with Crippen LogP contribution in [0.5, 0.6) is 0 Å². The van der Waals surface area contributed by atoms with Crippen molar-refractivity contribution >= 4 is 43.6 Å². The van der Waals surface area contributed by atoms with Crippen LogP contribution in [0.3, 0.4) is 0 Å². The molecular weight excluding hydrogens is 400 g/mol. The predicted octanol–water partition coefficient (Wildman–Crippen LogP) is 3.16. The third kappa shape index (κ3) is 4.03. The molecule has 1 amide bonds. The fourth-order valence-corrected chi connectivity index (χ4v) is 2.68. The number of hydrazine groups is 1. The lowest BCUT2D eigenvalue weighted by Gasteiger charge is -2.19. The molecule has 110 valence electrons. The van der Waals surface area contributed by atoms with Crippen molar-refractivity contribution in [3.05, 3.63) is 56.6 Å². The van der Waals surface area contributed by atoms with Crippen LogP contribution in [0.4, 0.5) is 5.82 Å². The van der Waals surface area contributed by atoms with Gasteiger partial charge in [0.25, 0.3) is 5.91 Å². The van der Waals surface area contributed by atoms with Gasteiger partial charge < -0.3 is 10.3 Å². The molecule has 0 saturated heterocycles. The quantitative estimate of drug-likeness (QED) is 0.596. The maximum atomic E-state index is 12.5. The first kappa shape index (κ1) is 15.9. The Kier molecular flexibility index (Phi) is 5.33. The van der Waals surface area contributed by atoms with Crippen LogP contribution in [0.2, 0.25) is 0 Å². The summed E-state index contributed by atoms with van der Waals surface area (Å²) in [5, 5.41) is 0. The number of nitrogens with two attached hydrogens (primary N) is 1. The van der Waals surface area contributed by atoms with Crippen molar-refractivity contribution in [2.24, 2.45) is 5.84 Å². The molecule has 1 aromatic heterocycles. The van der Waals surface area contributed by atoms with E-state index in [1.165, 1.54) is 0 Å². The smallest absolute Gasteiger partial charge is 0.257 e. The van der Waals surface area contributed by atoms with Gasteiger partial charge in [-0.25, -0.2) is 10.8 Å². The maximum Gasteiger partial charge on any atom is 0.257 e. The van der Waals surface area contributed by atoms with E-state index in [4.69, 9.17) is 5.84 Å². The Hall–Kier alpha value is -1.44. The highest BCUT2D eigenvalue weighted by atomic mass is 79.9. The zero-order valence-electron chi connectivity index (χ0n) is 11.3. The van der Waals surface area contributed by atoms with E-state index in [-0.39, 0.29) is 5.91 Å². The average Bonchev–Trinajstić information content (AvgIpc) is 2.46. The second kappa shape index (κ2) is 7.02. The Bertz CT molecular complexity index is 663. The average molecular weight is 414 g/mol. The third-order valence-corrected chi connectivity index (χ3v) is 3.80. The number of carbonyl (C=O) groups excluding carboxylic acids is 1. The molecule has 0 aliphatic carbocycles. The molecule has 0 bridgehead atoms. The molecule has 0 aliphatic rings. The predicted molar refractivity (Wildman–Crippen MR) is 89.7 cm³/mol. The van der Waals surface area contributed by atoms with Gasteiger partial charge in [-0.2, -0.15) is 0 Å². The topological polar surface area (TPSA) is 71.2 Å². The molecule has 0 radical (unpaired) electrons. The molecule has 1 heterocycles. The lowest BCUT2D eigenvalue weighted by molar-refractivity contribution is 0.0785. The number of nitrogen functional groups attached to an aromatic ring is 1. The molecule has 0 atom stereocenters. The number of nitrogens with one attached hydrogen (secondary N) is 1. The van der Waals surface area contributed by atoms with Crippen LogP contribution in [0.1, 0.15) is 15.9 Å². The Labute approximate surface area is 139 Å². The highest BCUT2D eigenvalue weighted by Crippen LogP contribution is 2.20. The van der Waals surface area contributed by atoms with E-state index in [1.807, 2.05) is 24.3 Å². The number of pyridine rings is 1. The zero-order valence-corrected chi connectivity index (χ0v) is 14.5. The number of amides is 1. The largest absolute Gasteiger partial charge is 0.337 e. The minimum atomic E-state index is -0.156. The number of halogens is 2. The molecule has 2 aromatic rings. The van der Waals surface area contributed by atoms with E-state index in [0.717, 1.165) is 14.5 Å². The maximum absolute atomic E-state index is 12.5. The summed E-state index contributed by atoms with van der Waals surface area (Å²) >= 11 is 6.73. The summed E-state index contributed by atoms with van der Waals surface area (Å²) in [4.78, 5) is 18.2. The molecule has 5 nitrogen and oxygen atoms in total. The van der Waals surface area contributed by atoms with Crippen molar-refractivity contribution in [1.29, 1.82) is 0 Å². The van der Waals surface area contributed by atoms with Gasteiger partial charge in [-0.3, -0.25) is 4.79 Å². The van der Waals surface area contributed by atoms with Gasteiger partial charge in [-0.05, 0) is 39.7 Å². The summed E-state index contributed by atoms with van der Waals surface area (Å²) in [7, 11) is 1.74. The Morgan fingerprint density at radius 2 is 2.10 bits per heavy atom. The van der Waals surface area contributed by atoms with E-state index < -0.39 is 0 Å². The molecule has 0 spiro atoms. The van der Waals surface area contributed by atoms with Crippen molar-refractivity contribution in [1.82, 2.24) is 9.88 Å². The summed E-state index contributed by atoms with van der Waals surface area (Å²) < 4.78 is 1.70. The van der Waals surface area contributed by atoms with Crippen LogP contribution in [0, 0.1) is 0 Å². The molecular formula is C14H14Br2N4O.